The van der Waals surface area contributed by atoms with Crippen LogP contribution in [0.4, 0.5) is 0 Å². The van der Waals surface area contributed by atoms with Crippen molar-refractivity contribution in [1.29, 1.82) is 0 Å². The summed E-state index contributed by atoms with van der Waals surface area (Å²) in [5.74, 6) is 0. The molecular weight excluding hydrogens is 255 g/mol. The van der Waals surface area contributed by atoms with Crippen molar-refractivity contribution in [1.82, 2.24) is 0 Å². The standard InChI is InChI=1S/C8H9IS/c1-6-5-7(9)3-4-8(6)10-2/h3-5H,1-2H3. The van der Waals surface area contributed by atoms with E-state index >= 15 is 0 Å². The summed E-state index contributed by atoms with van der Waals surface area (Å²) in [7, 11) is 0. The number of thioether (sulfide) groups is 1. The lowest BCUT2D eigenvalue weighted by Crippen LogP contribution is -1.78. The van der Waals surface area contributed by atoms with Crippen LogP contribution in [0.25, 0.3) is 0 Å². The van der Waals surface area contributed by atoms with Gasteiger partial charge in [0.1, 0.15) is 0 Å². The number of rotatable bonds is 1. The van der Waals surface area contributed by atoms with Gasteiger partial charge in [-0.15, -0.1) is 11.8 Å². The van der Waals surface area contributed by atoms with Crippen LogP contribution in [0.5, 0.6) is 0 Å². The zero-order valence-corrected chi connectivity index (χ0v) is 8.99. The predicted octanol–water partition coefficient (Wildman–Crippen LogP) is 3.32. The maximum atomic E-state index is 2.33. The fraction of sp³-hybridized carbons (Fsp3) is 0.250. The maximum Gasteiger partial charge on any atom is 0.0133 e. The number of hydrogen-bond acceptors (Lipinski definition) is 1. The van der Waals surface area contributed by atoms with Gasteiger partial charge in [0, 0.05) is 8.47 Å². The van der Waals surface area contributed by atoms with Crippen LogP contribution in [0.15, 0.2) is 23.1 Å². The van der Waals surface area contributed by atoms with Gasteiger partial charge in [0.2, 0.25) is 0 Å². The monoisotopic (exact) mass is 264 g/mol. The topological polar surface area (TPSA) is 0 Å². The molecule has 0 unspecified atom stereocenters. The Hall–Kier alpha value is 0.300. The van der Waals surface area contributed by atoms with Crippen LogP contribution in [0.3, 0.4) is 0 Å². The highest BCUT2D eigenvalue weighted by Crippen LogP contribution is 2.20. The number of halogens is 1. The highest BCUT2D eigenvalue weighted by Gasteiger charge is 1.94. The Labute approximate surface area is 79.5 Å². The van der Waals surface area contributed by atoms with Crippen molar-refractivity contribution < 1.29 is 0 Å². The Bertz CT molecular complexity index is 233. The van der Waals surface area contributed by atoms with E-state index in [0.717, 1.165) is 0 Å². The summed E-state index contributed by atoms with van der Waals surface area (Å²) in [6, 6.07) is 6.51. The first kappa shape index (κ1) is 8.40. The molecule has 0 aromatic heterocycles. The molecule has 0 spiro atoms. The van der Waals surface area contributed by atoms with Crippen molar-refractivity contribution in [3.05, 3.63) is 27.3 Å². The molecule has 0 fully saturated rings. The summed E-state index contributed by atoms with van der Waals surface area (Å²) in [5, 5.41) is 0. The second kappa shape index (κ2) is 3.62. The molecule has 1 rings (SSSR count). The number of benzene rings is 1. The van der Waals surface area contributed by atoms with Gasteiger partial charge < -0.3 is 0 Å². The minimum atomic E-state index is 1.31. The van der Waals surface area contributed by atoms with Crippen molar-refractivity contribution in [2.75, 3.05) is 6.26 Å². The zero-order chi connectivity index (χ0) is 7.56. The van der Waals surface area contributed by atoms with E-state index in [1.54, 1.807) is 11.8 Å². The fourth-order valence-electron chi connectivity index (χ4n) is 0.842. The minimum Gasteiger partial charge on any atom is -0.129 e. The molecule has 1 aromatic carbocycles. The summed E-state index contributed by atoms with van der Waals surface area (Å²) < 4.78 is 1.31. The molecule has 10 heavy (non-hydrogen) atoms. The molecule has 0 saturated carbocycles. The fourth-order valence-corrected chi connectivity index (χ4v) is 2.07. The van der Waals surface area contributed by atoms with Crippen molar-refractivity contribution in [3.8, 4) is 0 Å². The molecule has 0 radical (unpaired) electrons. The second-order valence-corrected chi connectivity index (χ2v) is 4.21. The van der Waals surface area contributed by atoms with E-state index in [0.29, 0.717) is 0 Å². The molecule has 0 N–H and O–H groups in total. The highest BCUT2D eigenvalue weighted by atomic mass is 127. The molecule has 0 nitrogen and oxygen atoms in total. The summed E-state index contributed by atoms with van der Waals surface area (Å²) in [6.07, 6.45) is 2.11. The van der Waals surface area contributed by atoms with Crippen molar-refractivity contribution in [3.63, 3.8) is 0 Å². The van der Waals surface area contributed by atoms with E-state index < -0.39 is 0 Å². The summed E-state index contributed by atoms with van der Waals surface area (Å²) >= 11 is 4.13. The van der Waals surface area contributed by atoms with Gasteiger partial charge in [0.15, 0.2) is 0 Å². The molecule has 1 aromatic rings. The average Bonchev–Trinajstić information content (AvgIpc) is 1.88. The minimum absolute atomic E-state index is 1.31. The van der Waals surface area contributed by atoms with Gasteiger partial charge in [0.25, 0.3) is 0 Å². The molecule has 0 bridgehead atoms. The largest absolute Gasteiger partial charge is 0.129 e. The van der Waals surface area contributed by atoms with E-state index in [1.807, 2.05) is 0 Å². The molecule has 0 heterocycles. The Balaban J connectivity index is 3.07. The molecule has 0 amide bonds. The van der Waals surface area contributed by atoms with Gasteiger partial charge in [0.05, 0.1) is 0 Å². The smallest absolute Gasteiger partial charge is 0.0133 e. The first-order chi connectivity index (χ1) is 4.74. The molecule has 0 aliphatic carbocycles. The summed E-state index contributed by atoms with van der Waals surface area (Å²) in [4.78, 5) is 1.38. The molecule has 2 heteroatoms. The Morgan fingerprint density at radius 3 is 2.60 bits per heavy atom. The van der Waals surface area contributed by atoms with Gasteiger partial charge >= 0.3 is 0 Å². The first-order valence-electron chi connectivity index (χ1n) is 3.04. The van der Waals surface area contributed by atoms with Crippen LogP contribution >= 0.6 is 34.4 Å². The quantitative estimate of drug-likeness (QED) is 0.554. The molecular formula is C8H9IS. The molecule has 0 saturated heterocycles. The highest BCUT2D eigenvalue weighted by molar-refractivity contribution is 14.1. The number of hydrogen-bond donors (Lipinski definition) is 0. The van der Waals surface area contributed by atoms with Gasteiger partial charge in [-0.05, 0) is 59.5 Å². The van der Waals surface area contributed by atoms with Crippen molar-refractivity contribution in [2.24, 2.45) is 0 Å². The second-order valence-electron chi connectivity index (χ2n) is 2.11. The lowest BCUT2D eigenvalue weighted by Gasteiger charge is -2.00. The van der Waals surface area contributed by atoms with Gasteiger partial charge in [-0.1, -0.05) is 0 Å². The van der Waals surface area contributed by atoms with Crippen LogP contribution in [0.2, 0.25) is 0 Å². The SMILES string of the molecule is CSc1ccc(I)cc1C. The third kappa shape index (κ3) is 1.89. The lowest BCUT2D eigenvalue weighted by molar-refractivity contribution is 1.29. The van der Waals surface area contributed by atoms with Crippen LogP contribution in [-0.2, 0) is 0 Å². The lowest BCUT2D eigenvalue weighted by atomic mass is 10.2. The van der Waals surface area contributed by atoms with E-state index in [2.05, 4.69) is 54.0 Å². The zero-order valence-electron chi connectivity index (χ0n) is 6.02. The van der Waals surface area contributed by atoms with Crippen LogP contribution in [0, 0.1) is 10.5 Å². The maximum absolute atomic E-state index is 2.33. The van der Waals surface area contributed by atoms with E-state index in [-0.39, 0.29) is 0 Å². The van der Waals surface area contributed by atoms with E-state index in [9.17, 15) is 0 Å². The molecule has 0 atom stereocenters. The Morgan fingerprint density at radius 1 is 1.40 bits per heavy atom. The number of aryl methyl sites for hydroxylation is 1. The third-order valence-electron chi connectivity index (χ3n) is 1.36. The van der Waals surface area contributed by atoms with Crippen molar-refractivity contribution in [2.45, 2.75) is 11.8 Å². The average molecular weight is 264 g/mol. The molecule has 0 aliphatic heterocycles. The summed E-state index contributed by atoms with van der Waals surface area (Å²) in [5.41, 5.74) is 1.37. The van der Waals surface area contributed by atoms with Crippen LogP contribution < -0.4 is 0 Å². The molecule has 54 valence electrons. The van der Waals surface area contributed by atoms with Crippen molar-refractivity contribution >= 4 is 34.4 Å². The van der Waals surface area contributed by atoms with Gasteiger partial charge in [-0.3, -0.25) is 0 Å². The van der Waals surface area contributed by atoms with Gasteiger partial charge in [-0.25, -0.2) is 0 Å². The normalized spacial score (nSPS) is 9.90. The van der Waals surface area contributed by atoms with E-state index in [4.69, 9.17) is 0 Å². The first-order valence-corrected chi connectivity index (χ1v) is 5.34. The Morgan fingerprint density at radius 2 is 2.10 bits per heavy atom. The third-order valence-corrected chi connectivity index (χ3v) is 2.93. The predicted molar refractivity (Wildman–Crippen MR) is 55.7 cm³/mol. The Kier molecular flexibility index (Phi) is 3.04. The van der Waals surface area contributed by atoms with Gasteiger partial charge in [-0.2, -0.15) is 0 Å². The molecule has 0 aliphatic rings. The van der Waals surface area contributed by atoms with Crippen LogP contribution in [0.1, 0.15) is 5.56 Å². The van der Waals surface area contributed by atoms with Crippen LogP contribution in [-0.4, -0.2) is 6.26 Å². The van der Waals surface area contributed by atoms with E-state index in [1.165, 1.54) is 14.0 Å². The summed E-state index contributed by atoms with van der Waals surface area (Å²) in [6.45, 7) is 2.15.